The largest absolute Gasteiger partial charge is 0.368 e. The third-order valence-electron chi connectivity index (χ3n) is 3.60. The van der Waals surface area contributed by atoms with Crippen LogP contribution in [-0.2, 0) is 0 Å². The van der Waals surface area contributed by atoms with Gasteiger partial charge in [-0.15, -0.1) is 0 Å². The fourth-order valence-electron chi connectivity index (χ4n) is 2.20. The van der Waals surface area contributed by atoms with E-state index in [1.54, 1.807) is 0 Å². The summed E-state index contributed by atoms with van der Waals surface area (Å²) in [7, 11) is 0. The van der Waals surface area contributed by atoms with E-state index in [9.17, 15) is 10.1 Å². The molecule has 1 aliphatic heterocycles. The zero-order valence-corrected chi connectivity index (χ0v) is 10.5. The molecular formula is C11H17N5O2. The van der Waals surface area contributed by atoms with Crippen LogP contribution in [0.5, 0.6) is 0 Å². The van der Waals surface area contributed by atoms with Crippen molar-refractivity contribution in [3.05, 3.63) is 16.3 Å². The Hall–Kier alpha value is -1.92. The van der Waals surface area contributed by atoms with Crippen molar-refractivity contribution >= 4 is 17.5 Å². The molecule has 0 radical (unpaired) electrons. The van der Waals surface area contributed by atoms with Crippen LogP contribution in [-0.4, -0.2) is 28.0 Å². The molecule has 1 saturated heterocycles. The molecule has 1 fully saturated rings. The van der Waals surface area contributed by atoms with Gasteiger partial charge in [0.1, 0.15) is 6.20 Å². The third-order valence-corrected chi connectivity index (χ3v) is 3.60. The quantitative estimate of drug-likeness (QED) is 0.631. The summed E-state index contributed by atoms with van der Waals surface area (Å²) in [5.41, 5.74) is 5.45. The molecule has 0 aromatic carbocycles. The number of nitrogens with zero attached hydrogens (tertiary/aromatic N) is 4. The standard InChI is InChI=1S/C11H17N5O2/c1-7-3-4-15(6-8(7)2)10-9(16(17)18)5-13-11(12)14-10/h5,7-8H,3-4,6H2,1-2H3,(H2,12,13,14). The second-order valence-corrected chi connectivity index (χ2v) is 4.88. The van der Waals surface area contributed by atoms with Crippen LogP contribution in [0.2, 0.25) is 0 Å². The normalized spacial score (nSPS) is 24.0. The summed E-state index contributed by atoms with van der Waals surface area (Å²) in [5, 5.41) is 11.0. The maximum absolute atomic E-state index is 11.0. The zero-order valence-electron chi connectivity index (χ0n) is 10.5. The maximum atomic E-state index is 11.0. The zero-order chi connectivity index (χ0) is 13.3. The molecule has 7 heteroatoms. The van der Waals surface area contributed by atoms with Crippen LogP contribution >= 0.6 is 0 Å². The molecular weight excluding hydrogens is 234 g/mol. The van der Waals surface area contributed by atoms with Crippen LogP contribution in [0.1, 0.15) is 20.3 Å². The summed E-state index contributed by atoms with van der Waals surface area (Å²) in [6.45, 7) is 5.87. The first kappa shape index (κ1) is 12.5. The molecule has 2 unspecified atom stereocenters. The number of anilines is 2. The lowest BCUT2D eigenvalue weighted by Gasteiger charge is -2.35. The first-order valence-corrected chi connectivity index (χ1v) is 6.01. The summed E-state index contributed by atoms with van der Waals surface area (Å²) in [4.78, 5) is 20.2. The molecule has 7 nitrogen and oxygen atoms in total. The van der Waals surface area contributed by atoms with Crippen molar-refractivity contribution in [3.63, 3.8) is 0 Å². The SMILES string of the molecule is CC1CCN(c2nc(N)ncc2[N+](=O)[O-])CC1C. The average molecular weight is 251 g/mol. The van der Waals surface area contributed by atoms with Gasteiger partial charge < -0.3 is 10.6 Å². The van der Waals surface area contributed by atoms with Crippen molar-refractivity contribution in [3.8, 4) is 0 Å². The van der Waals surface area contributed by atoms with Crippen molar-refractivity contribution in [2.24, 2.45) is 11.8 Å². The molecule has 2 atom stereocenters. The van der Waals surface area contributed by atoms with Gasteiger partial charge in [0.2, 0.25) is 11.8 Å². The number of aromatic nitrogens is 2. The Balaban J connectivity index is 2.32. The average Bonchev–Trinajstić information content (AvgIpc) is 2.32. The van der Waals surface area contributed by atoms with Gasteiger partial charge in [-0.1, -0.05) is 13.8 Å². The Labute approximate surface area is 105 Å². The van der Waals surface area contributed by atoms with Gasteiger partial charge in [-0.2, -0.15) is 4.98 Å². The van der Waals surface area contributed by atoms with Gasteiger partial charge in [-0.25, -0.2) is 4.98 Å². The molecule has 0 bridgehead atoms. The van der Waals surface area contributed by atoms with Crippen LogP contribution in [0.15, 0.2) is 6.20 Å². The molecule has 0 aliphatic carbocycles. The Morgan fingerprint density at radius 1 is 1.50 bits per heavy atom. The molecule has 0 spiro atoms. The number of nitrogens with two attached hydrogens (primary N) is 1. The second kappa shape index (κ2) is 4.75. The van der Waals surface area contributed by atoms with Crippen LogP contribution < -0.4 is 10.6 Å². The minimum absolute atomic E-state index is 0.0712. The van der Waals surface area contributed by atoms with Gasteiger partial charge in [0.05, 0.1) is 4.92 Å². The molecule has 2 N–H and O–H groups in total. The van der Waals surface area contributed by atoms with Gasteiger partial charge in [-0.3, -0.25) is 10.1 Å². The predicted octanol–water partition coefficient (Wildman–Crippen LogP) is 1.45. The van der Waals surface area contributed by atoms with Gasteiger partial charge in [0.25, 0.3) is 0 Å². The molecule has 1 aromatic heterocycles. The highest BCUT2D eigenvalue weighted by Gasteiger charge is 2.28. The van der Waals surface area contributed by atoms with Crippen molar-refractivity contribution in [2.45, 2.75) is 20.3 Å². The number of hydrogen-bond acceptors (Lipinski definition) is 6. The number of piperidine rings is 1. The lowest BCUT2D eigenvalue weighted by molar-refractivity contribution is -0.384. The van der Waals surface area contributed by atoms with Crippen molar-refractivity contribution < 1.29 is 4.92 Å². The third kappa shape index (κ3) is 2.34. The fourth-order valence-corrected chi connectivity index (χ4v) is 2.20. The Morgan fingerprint density at radius 2 is 2.22 bits per heavy atom. The molecule has 98 valence electrons. The topological polar surface area (TPSA) is 98.2 Å². The number of rotatable bonds is 2. The number of nitrogen functional groups attached to an aromatic ring is 1. The van der Waals surface area contributed by atoms with Crippen molar-refractivity contribution in [2.75, 3.05) is 23.7 Å². The smallest absolute Gasteiger partial charge is 0.329 e. The van der Waals surface area contributed by atoms with Gasteiger partial charge in [0.15, 0.2) is 0 Å². The van der Waals surface area contributed by atoms with Crippen molar-refractivity contribution in [1.82, 2.24) is 9.97 Å². The van der Waals surface area contributed by atoms with E-state index in [4.69, 9.17) is 5.73 Å². The van der Waals surface area contributed by atoms with E-state index in [0.29, 0.717) is 17.7 Å². The molecule has 0 saturated carbocycles. The monoisotopic (exact) mass is 251 g/mol. The second-order valence-electron chi connectivity index (χ2n) is 4.88. The molecule has 2 heterocycles. The Morgan fingerprint density at radius 3 is 2.83 bits per heavy atom. The number of hydrogen-bond donors (Lipinski definition) is 1. The molecule has 1 aromatic rings. The lowest BCUT2D eigenvalue weighted by atomic mass is 9.89. The van der Waals surface area contributed by atoms with E-state index in [2.05, 4.69) is 23.8 Å². The first-order valence-electron chi connectivity index (χ1n) is 6.01. The van der Waals surface area contributed by atoms with Crippen LogP contribution in [0, 0.1) is 22.0 Å². The highest BCUT2D eigenvalue weighted by Crippen LogP contribution is 2.31. The number of nitro groups is 1. The summed E-state index contributed by atoms with van der Waals surface area (Å²) >= 11 is 0. The van der Waals surface area contributed by atoms with Crippen LogP contribution in [0.4, 0.5) is 17.5 Å². The minimum Gasteiger partial charge on any atom is -0.368 e. The molecule has 0 amide bonds. The van der Waals surface area contributed by atoms with E-state index in [-0.39, 0.29) is 11.6 Å². The Kier molecular flexibility index (Phi) is 3.31. The van der Waals surface area contributed by atoms with E-state index in [1.165, 1.54) is 6.20 Å². The van der Waals surface area contributed by atoms with E-state index in [1.807, 2.05) is 4.90 Å². The fraction of sp³-hybridized carbons (Fsp3) is 0.636. The highest BCUT2D eigenvalue weighted by molar-refractivity contribution is 5.58. The summed E-state index contributed by atoms with van der Waals surface area (Å²) in [6, 6.07) is 0. The first-order chi connectivity index (χ1) is 8.49. The minimum atomic E-state index is -0.461. The summed E-state index contributed by atoms with van der Waals surface area (Å²) in [5.74, 6) is 1.52. The lowest BCUT2D eigenvalue weighted by Crippen LogP contribution is -2.39. The van der Waals surface area contributed by atoms with Gasteiger partial charge in [-0.05, 0) is 18.3 Å². The van der Waals surface area contributed by atoms with Crippen LogP contribution in [0.3, 0.4) is 0 Å². The Bertz CT molecular complexity index is 465. The summed E-state index contributed by atoms with van der Waals surface area (Å²) < 4.78 is 0. The van der Waals surface area contributed by atoms with Crippen LogP contribution in [0.25, 0.3) is 0 Å². The summed E-state index contributed by atoms with van der Waals surface area (Å²) in [6.07, 6.45) is 2.18. The van der Waals surface area contributed by atoms with Gasteiger partial charge >= 0.3 is 5.69 Å². The van der Waals surface area contributed by atoms with Crippen molar-refractivity contribution in [1.29, 1.82) is 0 Å². The molecule has 18 heavy (non-hydrogen) atoms. The van der Waals surface area contributed by atoms with Gasteiger partial charge in [0, 0.05) is 13.1 Å². The van der Waals surface area contributed by atoms with E-state index in [0.717, 1.165) is 19.5 Å². The molecule has 1 aliphatic rings. The highest BCUT2D eigenvalue weighted by atomic mass is 16.6. The molecule has 2 rings (SSSR count). The van der Waals surface area contributed by atoms with E-state index < -0.39 is 4.92 Å². The maximum Gasteiger partial charge on any atom is 0.329 e. The predicted molar refractivity (Wildman–Crippen MR) is 68.3 cm³/mol. The van der Waals surface area contributed by atoms with E-state index >= 15 is 0 Å².